The molecule has 0 aliphatic carbocycles. The summed E-state index contributed by atoms with van der Waals surface area (Å²) in [4.78, 5) is 0.800. The van der Waals surface area contributed by atoms with E-state index in [0.717, 1.165) is 34.8 Å². The molecule has 0 saturated carbocycles. The molecule has 0 amide bonds. The first-order chi connectivity index (χ1) is 10.3. The van der Waals surface area contributed by atoms with Gasteiger partial charge in [0.2, 0.25) is 0 Å². The summed E-state index contributed by atoms with van der Waals surface area (Å²) in [6.07, 6.45) is 2.74. The fourth-order valence-corrected chi connectivity index (χ4v) is 2.97. The van der Waals surface area contributed by atoms with Crippen LogP contribution in [0.1, 0.15) is 35.7 Å². The summed E-state index contributed by atoms with van der Waals surface area (Å²) in [7, 11) is 0. The van der Waals surface area contributed by atoms with Crippen molar-refractivity contribution in [3.63, 3.8) is 0 Å². The predicted molar refractivity (Wildman–Crippen MR) is 81.5 cm³/mol. The van der Waals surface area contributed by atoms with Crippen LogP contribution in [0.3, 0.4) is 0 Å². The Hall–Kier alpha value is -2.05. The van der Waals surface area contributed by atoms with Gasteiger partial charge in [-0.3, -0.25) is 0 Å². The Kier molecular flexibility index (Phi) is 4.08. The van der Waals surface area contributed by atoms with Crippen LogP contribution in [-0.2, 0) is 6.42 Å². The molecule has 1 aromatic carbocycles. The molecule has 2 aromatic heterocycles. The van der Waals surface area contributed by atoms with Crippen molar-refractivity contribution in [1.82, 2.24) is 19.4 Å². The molecular weight excluding hydrogens is 284 g/mol. The van der Waals surface area contributed by atoms with Gasteiger partial charge in [0.25, 0.3) is 0 Å². The van der Waals surface area contributed by atoms with E-state index in [9.17, 15) is 5.11 Å². The van der Waals surface area contributed by atoms with Crippen LogP contribution < -0.4 is 0 Å². The number of rotatable bonds is 5. The molecule has 1 unspecified atom stereocenters. The first-order valence-electron chi connectivity index (χ1n) is 6.89. The molecule has 0 bridgehead atoms. The minimum Gasteiger partial charge on any atom is -0.381 e. The number of para-hydroxylation sites is 1. The third-order valence-electron chi connectivity index (χ3n) is 3.27. The molecule has 0 spiro atoms. The van der Waals surface area contributed by atoms with Gasteiger partial charge in [-0.25, -0.2) is 4.68 Å². The fourth-order valence-electron chi connectivity index (χ4n) is 2.27. The van der Waals surface area contributed by atoms with Crippen molar-refractivity contribution in [1.29, 1.82) is 0 Å². The highest BCUT2D eigenvalue weighted by Gasteiger charge is 2.22. The molecule has 5 nitrogen and oxygen atoms in total. The normalized spacial score (nSPS) is 12.5. The molecule has 3 rings (SSSR count). The first kappa shape index (κ1) is 13.9. The summed E-state index contributed by atoms with van der Waals surface area (Å²) >= 11 is 1.25. The number of nitrogens with zero attached hydrogens (tertiary/aromatic N) is 4. The number of aryl methyl sites for hydroxylation is 1. The Morgan fingerprint density at radius 1 is 1.24 bits per heavy atom. The SMILES string of the molecule is CCCc1nnsc1C(O)c1ccnn1-c1ccccc1. The van der Waals surface area contributed by atoms with E-state index in [0.29, 0.717) is 0 Å². The van der Waals surface area contributed by atoms with E-state index in [1.807, 2.05) is 36.4 Å². The Labute approximate surface area is 127 Å². The summed E-state index contributed by atoms with van der Waals surface area (Å²) in [5, 5.41) is 19.1. The standard InChI is InChI=1S/C15H16N4OS/c1-2-6-12-15(21-18-17-12)14(20)13-9-10-16-19(13)11-7-4-3-5-8-11/h3-5,7-10,14,20H,2,6H2,1H3. The quantitative estimate of drug-likeness (QED) is 0.787. The number of benzene rings is 1. The van der Waals surface area contributed by atoms with Crippen LogP contribution in [0.4, 0.5) is 0 Å². The second kappa shape index (κ2) is 6.15. The van der Waals surface area contributed by atoms with Gasteiger partial charge in [0.05, 0.1) is 22.0 Å². The molecule has 0 radical (unpaired) electrons. The lowest BCUT2D eigenvalue weighted by Gasteiger charge is -2.12. The van der Waals surface area contributed by atoms with Gasteiger partial charge in [0, 0.05) is 6.20 Å². The highest BCUT2D eigenvalue weighted by molar-refractivity contribution is 7.05. The Bertz CT molecular complexity index is 707. The van der Waals surface area contributed by atoms with E-state index in [4.69, 9.17) is 0 Å². The molecule has 2 heterocycles. The summed E-state index contributed by atoms with van der Waals surface area (Å²) in [5.41, 5.74) is 2.52. The summed E-state index contributed by atoms with van der Waals surface area (Å²) in [5.74, 6) is 0. The maximum Gasteiger partial charge on any atom is 0.134 e. The lowest BCUT2D eigenvalue weighted by Crippen LogP contribution is -2.09. The molecule has 1 atom stereocenters. The fraction of sp³-hybridized carbons (Fsp3) is 0.267. The Morgan fingerprint density at radius 2 is 2.05 bits per heavy atom. The van der Waals surface area contributed by atoms with Gasteiger partial charge in [-0.1, -0.05) is 36.0 Å². The Morgan fingerprint density at radius 3 is 2.81 bits per heavy atom. The average Bonchev–Trinajstić information content (AvgIpc) is 3.17. The number of hydrogen-bond acceptors (Lipinski definition) is 5. The average molecular weight is 300 g/mol. The zero-order valence-electron chi connectivity index (χ0n) is 11.7. The van der Waals surface area contributed by atoms with E-state index < -0.39 is 6.10 Å². The molecule has 0 saturated heterocycles. The van der Waals surface area contributed by atoms with Crippen LogP contribution in [-0.4, -0.2) is 24.5 Å². The molecule has 6 heteroatoms. The van der Waals surface area contributed by atoms with Crippen LogP contribution in [0.2, 0.25) is 0 Å². The third kappa shape index (κ3) is 2.72. The largest absolute Gasteiger partial charge is 0.381 e. The number of aliphatic hydroxyl groups is 1. The van der Waals surface area contributed by atoms with Gasteiger partial charge in [0.15, 0.2) is 0 Å². The first-order valence-corrected chi connectivity index (χ1v) is 7.67. The monoisotopic (exact) mass is 300 g/mol. The van der Waals surface area contributed by atoms with Crippen molar-refractivity contribution in [3.05, 3.63) is 58.9 Å². The van der Waals surface area contributed by atoms with E-state index in [1.165, 1.54) is 11.5 Å². The summed E-state index contributed by atoms with van der Waals surface area (Å²) in [6.45, 7) is 2.09. The summed E-state index contributed by atoms with van der Waals surface area (Å²) < 4.78 is 5.73. The van der Waals surface area contributed by atoms with Crippen LogP contribution in [0.25, 0.3) is 5.69 Å². The zero-order chi connectivity index (χ0) is 14.7. The highest BCUT2D eigenvalue weighted by atomic mass is 32.1. The van der Waals surface area contributed by atoms with Crippen LogP contribution in [0.15, 0.2) is 42.6 Å². The van der Waals surface area contributed by atoms with Crippen molar-refractivity contribution in [2.45, 2.75) is 25.9 Å². The summed E-state index contributed by atoms with van der Waals surface area (Å²) in [6, 6.07) is 11.6. The van der Waals surface area contributed by atoms with Gasteiger partial charge in [-0.2, -0.15) is 5.10 Å². The molecule has 0 aliphatic rings. The smallest absolute Gasteiger partial charge is 0.134 e. The van der Waals surface area contributed by atoms with Gasteiger partial charge in [-0.05, 0) is 36.2 Å². The van der Waals surface area contributed by atoms with Crippen LogP contribution >= 0.6 is 11.5 Å². The van der Waals surface area contributed by atoms with Crippen molar-refractivity contribution in [3.8, 4) is 5.69 Å². The van der Waals surface area contributed by atoms with Crippen molar-refractivity contribution >= 4 is 11.5 Å². The predicted octanol–water partition coefficient (Wildman–Crippen LogP) is 2.76. The zero-order valence-corrected chi connectivity index (χ0v) is 12.5. The molecule has 0 aliphatic heterocycles. The van der Waals surface area contributed by atoms with E-state index in [-0.39, 0.29) is 0 Å². The molecule has 108 valence electrons. The molecule has 3 aromatic rings. The molecule has 1 N–H and O–H groups in total. The second-order valence-corrected chi connectivity index (χ2v) is 5.53. The highest BCUT2D eigenvalue weighted by Crippen LogP contribution is 2.28. The minimum absolute atomic E-state index is 0.726. The maximum atomic E-state index is 10.7. The van der Waals surface area contributed by atoms with Crippen molar-refractivity contribution in [2.75, 3.05) is 0 Å². The number of hydrogen-bond donors (Lipinski definition) is 1. The topological polar surface area (TPSA) is 63.8 Å². The van der Waals surface area contributed by atoms with Crippen LogP contribution in [0, 0.1) is 0 Å². The van der Waals surface area contributed by atoms with Crippen molar-refractivity contribution in [2.24, 2.45) is 0 Å². The number of aliphatic hydroxyl groups excluding tert-OH is 1. The van der Waals surface area contributed by atoms with E-state index in [1.54, 1.807) is 10.9 Å². The molecular formula is C15H16N4OS. The molecule has 0 fully saturated rings. The molecule has 21 heavy (non-hydrogen) atoms. The maximum absolute atomic E-state index is 10.7. The Balaban J connectivity index is 1.98. The third-order valence-corrected chi connectivity index (χ3v) is 4.09. The number of aromatic nitrogens is 4. The van der Waals surface area contributed by atoms with Gasteiger partial charge in [0.1, 0.15) is 6.10 Å². The van der Waals surface area contributed by atoms with Gasteiger partial charge < -0.3 is 5.11 Å². The van der Waals surface area contributed by atoms with Crippen molar-refractivity contribution < 1.29 is 5.11 Å². The van der Waals surface area contributed by atoms with Crippen LogP contribution in [0.5, 0.6) is 0 Å². The van der Waals surface area contributed by atoms with E-state index >= 15 is 0 Å². The van der Waals surface area contributed by atoms with E-state index in [2.05, 4.69) is 21.6 Å². The second-order valence-electron chi connectivity index (χ2n) is 4.74. The van der Waals surface area contributed by atoms with Gasteiger partial charge in [-0.15, -0.1) is 5.10 Å². The lowest BCUT2D eigenvalue weighted by molar-refractivity contribution is 0.214. The minimum atomic E-state index is -0.755. The van der Waals surface area contributed by atoms with Gasteiger partial charge >= 0.3 is 0 Å². The lowest BCUT2D eigenvalue weighted by atomic mass is 10.1.